The number of nitro benzene ring substituents is 1. The van der Waals surface area contributed by atoms with Gasteiger partial charge in [-0.1, -0.05) is 24.4 Å². The van der Waals surface area contributed by atoms with Crippen LogP contribution < -0.4 is 10.6 Å². The Balaban J connectivity index is 2.02. The number of non-ortho nitro benzene ring substituents is 1. The van der Waals surface area contributed by atoms with Crippen molar-refractivity contribution in [1.29, 1.82) is 0 Å². The number of thiocarbonyl (C=S) groups is 1. The molecule has 0 amide bonds. The fourth-order valence-corrected chi connectivity index (χ4v) is 2.58. The molecule has 1 aromatic carbocycles. The van der Waals surface area contributed by atoms with Crippen LogP contribution in [0.3, 0.4) is 0 Å². The van der Waals surface area contributed by atoms with Gasteiger partial charge in [-0.25, -0.2) is 0 Å². The van der Waals surface area contributed by atoms with Gasteiger partial charge in [0, 0.05) is 18.2 Å². The Bertz CT molecular complexity index is 504. The lowest BCUT2D eigenvalue weighted by molar-refractivity contribution is -0.384. The molecular weight excluding hydrogens is 286 g/mol. The molecule has 1 aliphatic carbocycles. The molecule has 2 rings (SSSR count). The summed E-state index contributed by atoms with van der Waals surface area (Å²) in [7, 11) is 0. The number of nitro groups is 1. The van der Waals surface area contributed by atoms with Crippen molar-refractivity contribution in [2.45, 2.75) is 31.7 Å². The largest absolute Gasteiger partial charge is 0.360 e. The van der Waals surface area contributed by atoms with Crippen LogP contribution in [0.15, 0.2) is 18.2 Å². The van der Waals surface area contributed by atoms with Crippen LogP contribution in [0.5, 0.6) is 0 Å². The molecule has 0 heterocycles. The van der Waals surface area contributed by atoms with Gasteiger partial charge in [0.15, 0.2) is 5.11 Å². The molecule has 1 fully saturated rings. The summed E-state index contributed by atoms with van der Waals surface area (Å²) in [5.74, 6) is 0. The predicted molar refractivity (Wildman–Crippen MR) is 79.7 cm³/mol. The maximum atomic E-state index is 10.7. The standard InChI is InChI=1S/C12H14ClN3O2S/c13-10-6-5-9(16(17)18)7-11(10)15-12(19)14-8-3-1-2-4-8/h5-8H,1-4H2,(H2,14,15,19). The molecule has 7 heteroatoms. The Morgan fingerprint density at radius 3 is 2.74 bits per heavy atom. The molecule has 19 heavy (non-hydrogen) atoms. The monoisotopic (exact) mass is 299 g/mol. The number of nitrogens with zero attached hydrogens (tertiary/aromatic N) is 1. The summed E-state index contributed by atoms with van der Waals surface area (Å²) < 4.78 is 0. The van der Waals surface area contributed by atoms with Gasteiger partial charge in [-0.2, -0.15) is 0 Å². The molecule has 2 N–H and O–H groups in total. The van der Waals surface area contributed by atoms with Crippen LogP contribution in [0.25, 0.3) is 0 Å². The van der Waals surface area contributed by atoms with Crippen molar-refractivity contribution in [3.05, 3.63) is 33.3 Å². The molecule has 5 nitrogen and oxygen atoms in total. The van der Waals surface area contributed by atoms with E-state index in [1.807, 2.05) is 0 Å². The third-order valence-electron chi connectivity index (χ3n) is 3.10. The normalized spacial score (nSPS) is 15.2. The van der Waals surface area contributed by atoms with Crippen molar-refractivity contribution < 1.29 is 4.92 Å². The fourth-order valence-electron chi connectivity index (χ4n) is 2.14. The van der Waals surface area contributed by atoms with Crippen LogP contribution in [0.1, 0.15) is 25.7 Å². The second kappa shape index (κ2) is 6.16. The zero-order valence-corrected chi connectivity index (χ0v) is 11.8. The number of anilines is 1. The molecule has 0 spiro atoms. The first-order chi connectivity index (χ1) is 9.06. The van der Waals surface area contributed by atoms with E-state index in [4.69, 9.17) is 23.8 Å². The Labute approximate surface area is 121 Å². The molecule has 0 saturated heterocycles. The number of hydrogen-bond donors (Lipinski definition) is 2. The fraction of sp³-hybridized carbons (Fsp3) is 0.417. The van der Waals surface area contributed by atoms with Crippen molar-refractivity contribution in [1.82, 2.24) is 5.32 Å². The molecule has 0 atom stereocenters. The maximum Gasteiger partial charge on any atom is 0.271 e. The minimum atomic E-state index is -0.463. The average Bonchev–Trinajstić information content (AvgIpc) is 2.84. The van der Waals surface area contributed by atoms with E-state index >= 15 is 0 Å². The van der Waals surface area contributed by atoms with Gasteiger partial charge in [-0.05, 0) is 31.1 Å². The third-order valence-corrected chi connectivity index (χ3v) is 3.65. The highest BCUT2D eigenvalue weighted by atomic mass is 35.5. The molecule has 0 unspecified atom stereocenters. The first-order valence-electron chi connectivity index (χ1n) is 6.08. The molecule has 102 valence electrons. The number of halogens is 1. The van der Waals surface area contributed by atoms with Gasteiger partial charge in [0.05, 0.1) is 15.6 Å². The highest BCUT2D eigenvalue weighted by molar-refractivity contribution is 7.80. The minimum Gasteiger partial charge on any atom is -0.360 e. The third kappa shape index (κ3) is 3.78. The van der Waals surface area contributed by atoms with E-state index < -0.39 is 4.92 Å². The summed E-state index contributed by atoms with van der Waals surface area (Å²) in [5.41, 5.74) is 0.432. The second-order valence-corrected chi connectivity index (χ2v) is 5.32. The topological polar surface area (TPSA) is 67.2 Å². The highest BCUT2D eigenvalue weighted by Crippen LogP contribution is 2.26. The number of rotatable bonds is 3. The Morgan fingerprint density at radius 2 is 2.11 bits per heavy atom. The predicted octanol–water partition coefficient (Wildman–Crippen LogP) is 3.48. The SMILES string of the molecule is O=[N+]([O-])c1ccc(Cl)c(NC(=S)NC2CCCC2)c1. The van der Waals surface area contributed by atoms with Gasteiger partial charge < -0.3 is 10.6 Å². The van der Waals surface area contributed by atoms with E-state index in [2.05, 4.69) is 10.6 Å². The van der Waals surface area contributed by atoms with Crippen molar-refractivity contribution in [3.63, 3.8) is 0 Å². The van der Waals surface area contributed by atoms with Crippen LogP contribution in [-0.4, -0.2) is 16.1 Å². The lowest BCUT2D eigenvalue weighted by Gasteiger charge is -2.16. The van der Waals surface area contributed by atoms with E-state index in [-0.39, 0.29) is 5.69 Å². The Morgan fingerprint density at radius 1 is 1.42 bits per heavy atom. The molecular formula is C12H14ClN3O2S. The first-order valence-corrected chi connectivity index (χ1v) is 6.86. The lowest BCUT2D eigenvalue weighted by Crippen LogP contribution is -2.35. The summed E-state index contributed by atoms with van der Waals surface area (Å²) >= 11 is 11.2. The molecule has 1 aromatic rings. The van der Waals surface area contributed by atoms with Crippen LogP contribution in [-0.2, 0) is 0 Å². The van der Waals surface area contributed by atoms with Gasteiger partial charge in [-0.3, -0.25) is 10.1 Å². The minimum absolute atomic E-state index is 0.0180. The average molecular weight is 300 g/mol. The van der Waals surface area contributed by atoms with Gasteiger partial charge in [-0.15, -0.1) is 0 Å². The molecule has 0 aromatic heterocycles. The lowest BCUT2D eigenvalue weighted by atomic mass is 10.2. The smallest absolute Gasteiger partial charge is 0.271 e. The van der Waals surface area contributed by atoms with E-state index in [0.717, 1.165) is 12.8 Å². The zero-order chi connectivity index (χ0) is 13.8. The molecule has 0 radical (unpaired) electrons. The van der Waals surface area contributed by atoms with Crippen LogP contribution in [0, 0.1) is 10.1 Å². The van der Waals surface area contributed by atoms with Crippen molar-refractivity contribution in [3.8, 4) is 0 Å². The molecule has 0 bridgehead atoms. The number of nitrogens with one attached hydrogen (secondary N) is 2. The van der Waals surface area contributed by atoms with Gasteiger partial charge in [0.1, 0.15) is 0 Å². The van der Waals surface area contributed by atoms with E-state index in [0.29, 0.717) is 21.9 Å². The molecule has 1 saturated carbocycles. The summed E-state index contributed by atoms with van der Waals surface area (Å²) in [4.78, 5) is 10.3. The molecule has 0 aliphatic heterocycles. The molecule has 1 aliphatic rings. The summed E-state index contributed by atoms with van der Waals surface area (Å²) in [6.45, 7) is 0. The van der Waals surface area contributed by atoms with Gasteiger partial charge in [0.25, 0.3) is 5.69 Å². The van der Waals surface area contributed by atoms with Crippen LogP contribution in [0.4, 0.5) is 11.4 Å². The highest BCUT2D eigenvalue weighted by Gasteiger charge is 2.16. The van der Waals surface area contributed by atoms with E-state index in [1.54, 1.807) is 0 Å². The van der Waals surface area contributed by atoms with Crippen LogP contribution in [0.2, 0.25) is 5.02 Å². The van der Waals surface area contributed by atoms with Gasteiger partial charge in [0.2, 0.25) is 0 Å². The van der Waals surface area contributed by atoms with Crippen molar-refractivity contribution >= 4 is 40.3 Å². The van der Waals surface area contributed by atoms with E-state index in [1.165, 1.54) is 31.0 Å². The quantitative estimate of drug-likeness (QED) is 0.508. The van der Waals surface area contributed by atoms with Crippen molar-refractivity contribution in [2.24, 2.45) is 0 Å². The summed E-state index contributed by atoms with van der Waals surface area (Å²) in [6.07, 6.45) is 4.62. The Kier molecular flexibility index (Phi) is 4.55. The second-order valence-electron chi connectivity index (χ2n) is 4.50. The Hall–Kier alpha value is -1.40. The summed E-state index contributed by atoms with van der Waals surface area (Å²) in [5, 5.41) is 17.7. The van der Waals surface area contributed by atoms with E-state index in [9.17, 15) is 10.1 Å². The first kappa shape index (κ1) is 14.0. The van der Waals surface area contributed by atoms with Crippen LogP contribution >= 0.6 is 23.8 Å². The van der Waals surface area contributed by atoms with Crippen molar-refractivity contribution in [2.75, 3.05) is 5.32 Å². The summed E-state index contributed by atoms with van der Waals surface area (Å²) in [6, 6.07) is 4.61. The number of hydrogen-bond acceptors (Lipinski definition) is 3. The van der Waals surface area contributed by atoms with Gasteiger partial charge >= 0.3 is 0 Å². The zero-order valence-electron chi connectivity index (χ0n) is 10.2. The maximum absolute atomic E-state index is 10.7. The number of benzene rings is 1.